The van der Waals surface area contributed by atoms with Gasteiger partial charge in [0.25, 0.3) is 0 Å². The number of hydrogen-bond acceptors (Lipinski definition) is 5. The number of benzene rings is 1. The molecular weight excluding hydrogens is 254 g/mol. The Labute approximate surface area is 119 Å². The third-order valence-electron chi connectivity index (χ3n) is 3.10. The summed E-state index contributed by atoms with van der Waals surface area (Å²) in [5, 5.41) is 3.19. The molecule has 0 bridgehead atoms. The predicted molar refractivity (Wildman–Crippen MR) is 76.8 cm³/mol. The minimum absolute atomic E-state index is 0.260. The van der Waals surface area contributed by atoms with Crippen molar-refractivity contribution in [1.29, 1.82) is 0 Å². The smallest absolute Gasteiger partial charge is 0.166 e. The minimum atomic E-state index is 0.260. The normalized spacial score (nSPS) is 11.9. The van der Waals surface area contributed by atoms with Crippen molar-refractivity contribution in [3.8, 4) is 11.5 Å². The number of methoxy groups -OCH3 is 1. The number of hydrogen-bond donors (Lipinski definition) is 1. The molecule has 5 nitrogen and oxygen atoms in total. The first kappa shape index (κ1) is 14.3. The van der Waals surface area contributed by atoms with Crippen LogP contribution in [-0.2, 0) is 6.61 Å². The van der Waals surface area contributed by atoms with Crippen molar-refractivity contribution in [1.82, 2.24) is 15.3 Å². The molecule has 2 rings (SSSR count). The van der Waals surface area contributed by atoms with Gasteiger partial charge in [-0.2, -0.15) is 0 Å². The van der Waals surface area contributed by atoms with E-state index in [0.29, 0.717) is 23.9 Å². The summed E-state index contributed by atoms with van der Waals surface area (Å²) in [6.07, 6.45) is 3.39. The van der Waals surface area contributed by atoms with Crippen LogP contribution in [0.4, 0.5) is 0 Å². The van der Waals surface area contributed by atoms with Gasteiger partial charge in [0.2, 0.25) is 0 Å². The highest BCUT2D eigenvalue weighted by atomic mass is 16.5. The molecule has 1 aromatic carbocycles. The zero-order chi connectivity index (χ0) is 14.4. The maximum absolute atomic E-state index is 5.71. The number of ether oxygens (including phenoxy) is 2. The van der Waals surface area contributed by atoms with Crippen LogP contribution in [0.3, 0.4) is 0 Å². The van der Waals surface area contributed by atoms with E-state index in [1.165, 1.54) is 0 Å². The van der Waals surface area contributed by atoms with Crippen LogP contribution in [0.15, 0.2) is 36.7 Å². The number of rotatable bonds is 6. The van der Waals surface area contributed by atoms with Crippen LogP contribution in [0, 0.1) is 0 Å². The van der Waals surface area contributed by atoms with Crippen molar-refractivity contribution >= 4 is 0 Å². The average molecular weight is 273 g/mol. The summed E-state index contributed by atoms with van der Waals surface area (Å²) in [6.45, 7) is 2.41. The van der Waals surface area contributed by atoms with Gasteiger partial charge in [0.1, 0.15) is 6.61 Å². The zero-order valence-corrected chi connectivity index (χ0v) is 12.0. The molecule has 0 saturated heterocycles. The fourth-order valence-electron chi connectivity index (χ4n) is 1.79. The largest absolute Gasteiger partial charge is 0.493 e. The maximum atomic E-state index is 5.71. The van der Waals surface area contributed by atoms with Crippen molar-refractivity contribution in [3.05, 3.63) is 48.0 Å². The van der Waals surface area contributed by atoms with Crippen LogP contribution in [0.2, 0.25) is 0 Å². The fourth-order valence-corrected chi connectivity index (χ4v) is 1.79. The standard InChI is InChI=1S/C15H19N3O2/c1-11(16-2)12-5-6-13(14(9-12)19-3)20-10-15-17-7-4-8-18-15/h4-9,11,16H,10H2,1-3H3. The highest BCUT2D eigenvalue weighted by Crippen LogP contribution is 2.30. The summed E-state index contributed by atoms with van der Waals surface area (Å²) < 4.78 is 11.1. The van der Waals surface area contributed by atoms with Gasteiger partial charge in [-0.05, 0) is 37.7 Å². The number of nitrogens with zero attached hydrogens (tertiary/aromatic N) is 2. The Morgan fingerprint density at radius 3 is 2.60 bits per heavy atom. The highest BCUT2D eigenvalue weighted by molar-refractivity contribution is 5.43. The van der Waals surface area contributed by atoms with Gasteiger partial charge < -0.3 is 14.8 Å². The Kier molecular flexibility index (Phi) is 4.90. The Hall–Kier alpha value is -2.14. The second kappa shape index (κ2) is 6.86. The van der Waals surface area contributed by atoms with E-state index >= 15 is 0 Å². The SMILES string of the molecule is CNC(C)c1ccc(OCc2ncccn2)c(OC)c1. The highest BCUT2D eigenvalue weighted by Gasteiger charge is 2.10. The number of nitrogens with one attached hydrogen (secondary N) is 1. The molecule has 0 saturated carbocycles. The first-order valence-corrected chi connectivity index (χ1v) is 6.48. The lowest BCUT2D eigenvalue weighted by Gasteiger charge is -2.15. The molecule has 106 valence electrons. The first-order valence-electron chi connectivity index (χ1n) is 6.48. The van der Waals surface area contributed by atoms with E-state index in [0.717, 1.165) is 5.56 Å². The summed E-state index contributed by atoms with van der Waals surface area (Å²) in [4.78, 5) is 8.24. The lowest BCUT2D eigenvalue weighted by atomic mass is 10.1. The lowest BCUT2D eigenvalue weighted by molar-refractivity contribution is 0.276. The molecule has 0 spiro atoms. The molecule has 20 heavy (non-hydrogen) atoms. The van der Waals surface area contributed by atoms with Gasteiger partial charge in [-0.25, -0.2) is 9.97 Å². The summed E-state index contributed by atoms with van der Waals surface area (Å²) in [6, 6.07) is 7.94. The second-order valence-corrected chi connectivity index (χ2v) is 4.37. The van der Waals surface area contributed by atoms with Crippen LogP contribution < -0.4 is 14.8 Å². The quantitative estimate of drug-likeness (QED) is 0.875. The minimum Gasteiger partial charge on any atom is -0.493 e. The predicted octanol–water partition coefficient (Wildman–Crippen LogP) is 2.34. The van der Waals surface area contributed by atoms with Crippen molar-refractivity contribution in [2.24, 2.45) is 0 Å². The average Bonchev–Trinajstić information content (AvgIpc) is 2.53. The molecule has 0 aliphatic rings. The maximum Gasteiger partial charge on any atom is 0.166 e. The monoisotopic (exact) mass is 273 g/mol. The van der Waals surface area contributed by atoms with E-state index in [2.05, 4.69) is 22.2 Å². The molecule has 1 unspecified atom stereocenters. The van der Waals surface area contributed by atoms with Crippen LogP contribution in [0.25, 0.3) is 0 Å². The molecule has 0 aliphatic heterocycles. The Morgan fingerprint density at radius 2 is 1.95 bits per heavy atom. The van der Waals surface area contributed by atoms with Crippen molar-refractivity contribution in [2.45, 2.75) is 19.6 Å². The van der Waals surface area contributed by atoms with Crippen LogP contribution in [-0.4, -0.2) is 24.1 Å². The van der Waals surface area contributed by atoms with E-state index in [4.69, 9.17) is 9.47 Å². The van der Waals surface area contributed by atoms with Crippen LogP contribution >= 0.6 is 0 Å². The molecule has 1 heterocycles. The summed E-state index contributed by atoms with van der Waals surface area (Å²) in [5.74, 6) is 2.04. The van der Waals surface area contributed by atoms with E-state index in [1.807, 2.05) is 25.2 Å². The molecule has 0 amide bonds. The van der Waals surface area contributed by atoms with E-state index in [-0.39, 0.29) is 6.04 Å². The van der Waals surface area contributed by atoms with Gasteiger partial charge >= 0.3 is 0 Å². The van der Waals surface area contributed by atoms with Gasteiger partial charge in [-0.3, -0.25) is 0 Å². The van der Waals surface area contributed by atoms with Gasteiger partial charge in [0, 0.05) is 18.4 Å². The summed E-state index contributed by atoms with van der Waals surface area (Å²) in [7, 11) is 3.56. The zero-order valence-electron chi connectivity index (χ0n) is 12.0. The molecule has 2 aromatic rings. The third-order valence-corrected chi connectivity index (χ3v) is 3.10. The Bertz CT molecular complexity index is 546. The van der Waals surface area contributed by atoms with Crippen molar-refractivity contribution < 1.29 is 9.47 Å². The van der Waals surface area contributed by atoms with Crippen molar-refractivity contribution in [2.75, 3.05) is 14.2 Å². The van der Waals surface area contributed by atoms with Crippen LogP contribution in [0.5, 0.6) is 11.5 Å². The van der Waals surface area contributed by atoms with Crippen molar-refractivity contribution in [3.63, 3.8) is 0 Å². The van der Waals surface area contributed by atoms with E-state index in [9.17, 15) is 0 Å². The van der Waals surface area contributed by atoms with Crippen LogP contribution in [0.1, 0.15) is 24.4 Å². The molecule has 5 heteroatoms. The Balaban J connectivity index is 2.11. The molecule has 0 aliphatic carbocycles. The number of aromatic nitrogens is 2. The molecule has 1 aromatic heterocycles. The lowest BCUT2D eigenvalue weighted by Crippen LogP contribution is -2.12. The molecule has 0 fully saturated rings. The second-order valence-electron chi connectivity index (χ2n) is 4.37. The third kappa shape index (κ3) is 3.45. The van der Waals surface area contributed by atoms with Gasteiger partial charge in [-0.1, -0.05) is 6.07 Å². The fraction of sp³-hybridized carbons (Fsp3) is 0.333. The topological polar surface area (TPSA) is 56.3 Å². The van der Waals surface area contributed by atoms with E-state index < -0.39 is 0 Å². The van der Waals surface area contributed by atoms with E-state index in [1.54, 1.807) is 25.6 Å². The molecule has 1 N–H and O–H groups in total. The van der Waals surface area contributed by atoms with Gasteiger partial charge in [0.15, 0.2) is 17.3 Å². The molecular formula is C15H19N3O2. The molecule has 0 radical (unpaired) electrons. The molecule has 1 atom stereocenters. The van der Waals surface area contributed by atoms with Gasteiger partial charge in [-0.15, -0.1) is 0 Å². The Morgan fingerprint density at radius 1 is 1.20 bits per heavy atom. The summed E-state index contributed by atoms with van der Waals surface area (Å²) >= 11 is 0. The van der Waals surface area contributed by atoms with Gasteiger partial charge in [0.05, 0.1) is 7.11 Å². The summed E-state index contributed by atoms with van der Waals surface area (Å²) in [5.41, 5.74) is 1.15. The first-order chi connectivity index (χ1) is 9.74.